The van der Waals surface area contributed by atoms with Gasteiger partial charge in [-0.3, -0.25) is 4.79 Å². The molecule has 200 valence electrons. The molecule has 0 spiro atoms. The molecule has 0 radical (unpaired) electrons. The Morgan fingerprint density at radius 2 is 1.67 bits per heavy atom. The first kappa shape index (κ1) is 32.4. The largest absolute Gasteiger partial charge is 1.00 e. The number of esters is 1. The number of thioether (sulfide) groups is 1. The normalized spacial score (nSPS) is 15.7. The number of rotatable bonds is 7. The smallest absolute Gasteiger partial charge is 0.458 e. The summed E-state index contributed by atoms with van der Waals surface area (Å²) in [6, 6.07) is 20.0. The molecule has 1 aliphatic rings. The van der Waals surface area contributed by atoms with Gasteiger partial charge < -0.3 is 26.3 Å². The summed E-state index contributed by atoms with van der Waals surface area (Å²) < 4.78 is 5.58. The summed E-state index contributed by atoms with van der Waals surface area (Å²) in [6.45, 7) is 10.9. The molecule has 3 aromatic carbocycles. The van der Waals surface area contributed by atoms with Crippen LogP contribution >= 0.6 is 11.8 Å². The van der Waals surface area contributed by atoms with Crippen LogP contribution in [-0.4, -0.2) is 46.8 Å². The Balaban J connectivity index is 0.00000174. The van der Waals surface area contributed by atoms with Crippen LogP contribution < -0.4 is 18.9 Å². The van der Waals surface area contributed by atoms with E-state index in [1.807, 2.05) is 87.7 Å². The average Bonchev–Trinajstić information content (AvgIpc) is 3.41. The Bertz CT molecular complexity index is 1290. The second kappa shape index (κ2) is 15.1. The summed E-state index contributed by atoms with van der Waals surface area (Å²) in [5.74, 6) is -0.576. The SMILES string of the molecule is CC(C)(C)OC(=O)[C@H]1CCCN1C(=O)C(S[C-]=Nc1cc2ccccc2cc1[C-]=O)c1ccccc1.[CH2-]C.[Li+]. The topological polar surface area (TPSA) is 76.0 Å². The summed E-state index contributed by atoms with van der Waals surface area (Å²) in [4.78, 5) is 44.1. The predicted octanol–water partition coefficient (Wildman–Crippen LogP) is 3.49. The number of hydrogen-bond acceptors (Lipinski definition) is 6. The number of nitrogens with zero attached hydrogens (tertiary/aromatic N) is 2. The van der Waals surface area contributed by atoms with E-state index in [1.165, 1.54) is 0 Å². The zero-order valence-electron chi connectivity index (χ0n) is 23.3. The summed E-state index contributed by atoms with van der Waals surface area (Å²) in [5.41, 5.74) is 3.84. The van der Waals surface area contributed by atoms with Crippen LogP contribution in [0.5, 0.6) is 0 Å². The number of benzene rings is 3. The number of carbonyl (C=O) groups is 2. The second-order valence-electron chi connectivity index (χ2n) is 9.65. The van der Waals surface area contributed by atoms with E-state index in [-0.39, 0.29) is 30.7 Å². The van der Waals surface area contributed by atoms with E-state index in [1.54, 1.807) is 17.9 Å². The van der Waals surface area contributed by atoms with Crippen LogP contribution in [0.25, 0.3) is 10.8 Å². The Morgan fingerprint density at radius 1 is 1.05 bits per heavy atom. The minimum Gasteiger partial charge on any atom is -0.458 e. The molecule has 1 fully saturated rings. The summed E-state index contributed by atoms with van der Waals surface area (Å²) in [5, 5.41) is 1.21. The van der Waals surface area contributed by atoms with Gasteiger partial charge in [-0.2, -0.15) is 13.0 Å². The molecular weight excluding hydrogens is 503 g/mol. The molecular formula is C31H33LiN2O4S-2. The first-order valence-electron chi connectivity index (χ1n) is 12.6. The van der Waals surface area contributed by atoms with Crippen molar-refractivity contribution in [2.75, 3.05) is 6.54 Å². The van der Waals surface area contributed by atoms with Crippen molar-refractivity contribution in [1.29, 1.82) is 0 Å². The number of amides is 1. The Morgan fingerprint density at radius 3 is 2.28 bits per heavy atom. The van der Waals surface area contributed by atoms with Crippen molar-refractivity contribution in [1.82, 2.24) is 4.90 Å². The van der Waals surface area contributed by atoms with Crippen LogP contribution in [-0.2, 0) is 19.1 Å². The van der Waals surface area contributed by atoms with Gasteiger partial charge in [-0.05, 0) is 44.6 Å². The predicted molar refractivity (Wildman–Crippen MR) is 154 cm³/mol. The molecule has 1 unspecified atom stereocenters. The van der Waals surface area contributed by atoms with Gasteiger partial charge in [-0.15, -0.1) is 11.1 Å². The molecule has 1 saturated heterocycles. The molecule has 1 aliphatic heterocycles. The maximum Gasteiger partial charge on any atom is 1.00 e. The second-order valence-corrected chi connectivity index (χ2v) is 10.5. The van der Waals surface area contributed by atoms with E-state index >= 15 is 0 Å². The van der Waals surface area contributed by atoms with Crippen molar-refractivity contribution in [3.63, 3.8) is 0 Å². The number of ether oxygens (including phenoxy) is 1. The fourth-order valence-corrected chi connectivity index (χ4v) is 5.00. The van der Waals surface area contributed by atoms with E-state index in [4.69, 9.17) is 4.74 Å². The zero-order chi connectivity index (χ0) is 27.7. The zero-order valence-corrected chi connectivity index (χ0v) is 24.1. The monoisotopic (exact) mass is 536 g/mol. The fraction of sp³-hybridized carbons (Fsp3) is 0.323. The van der Waals surface area contributed by atoms with Gasteiger partial charge in [0.25, 0.3) is 0 Å². The van der Waals surface area contributed by atoms with Gasteiger partial charge in [0.1, 0.15) is 11.6 Å². The van der Waals surface area contributed by atoms with Crippen molar-refractivity contribution >= 4 is 51.9 Å². The standard InChI is InChI=1S/C29H28N2O4S.C2H5.Li/c1-29(2,3)35-28(34)25-14-9-15-31(25)27(33)26(20-10-5-4-6-11-20)36-19-30-24-17-22-13-8-7-12-21(22)16-23(24)18-32;1-2;/h4-8,10-13,16-17,25-26H,9,14-15H2,1-3H3;1H2,2H3;/q-2;-1;+1/t25-,26?;;/m1../s1. The van der Waals surface area contributed by atoms with Crippen LogP contribution in [0.4, 0.5) is 5.69 Å². The third kappa shape index (κ3) is 8.57. The number of aliphatic imine (C=N–C) groups is 1. The molecule has 2 atom stereocenters. The van der Waals surface area contributed by atoms with Gasteiger partial charge in [0.05, 0.1) is 11.5 Å². The third-order valence-corrected chi connectivity index (χ3v) is 6.76. The minimum atomic E-state index is -0.651. The molecule has 0 aromatic heterocycles. The Labute approximate surface area is 247 Å². The van der Waals surface area contributed by atoms with Gasteiger partial charge in [-0.1, -0.05) is 71.7 Å². The van der Waals surface area contributed by atoms with Gasteiger partial charge >= 0.3 is 24.8 Å². The third-order valence-electron chi connectivity index (χ3n) is 5.85. The number of fused-ring (bicyclic) bond motifs is 1. The molecule has 3 aromatic rings. The quantitative estimate of drug-likeness (QED) is 0.152. The van der Waals surface area contributed by atoms with Crippen molar-refractivity contribution < 1.29 is 38.0 Å². The van der Waals surface area contributed by atoms with Crippen LogP contribution in [0.2, 0.25) is 0 Å². The molecule has 0 aliphatic carbocycles. The van der Waals surface area contributed by atoms with Crippen LogP contribution in [0.15, 0.2) is 71.7 Å². The summed E-state index contributed by atoms with van der Waals surface area (Å²) in [7, 11) is 0. The van der Waals surface area contributed by atoms with E-state index in [0.29, 0.717) is 24.2 Å². The van der Waals surface area contributed by atoms with Crippen molar-refractivity contribution in [2.24, 2.45) is 4.99 Å². The van der Waals surface area contributed by atoms with Gasteiger partial charge in [0.2, 0.25) is 5.91 Å². The van der Waals surface area contributed by atoms with Crippen LogP contribution in [0, 0.1) is 6.92 Å². The Kier molecular flexibility index (Phi) is 12.5. The first-order chi connectivity index (χ1) is 18.3. The van der Waals surface area contributed by atoms with Gasteiger partial charge in [0, 0.05) is 6.54 Å². The first-order valence-corrected chi connectivity index (χ1v) is 13.5. The van der Waals surface area contributed by atoms with E-state index in [9.17, 15) is 14.4 Å². The van der Waals surface area contributed by atoms with E-state index in [0.717, 1.165) is 34.5 Å². The number of carbonyl (C=O) groups excluding carboxylic acids is 3. The van der Waals surface area contributed by atoms with E-state index < -0.39 is 16.9 Å². The van der Waals surface area contributed by atoms with Crippen molar-refractivity contribution in [3.8, 4) is 0 Å². The molecule has 1 amide bonds. The minimum absolute atomic E-state index is 0. The molecule has 4 rings (SSSR count). The fourth-order valence-electron chi connectivity index (χ4n) is 4.22. The van der Waals surface area contributed by atoms with Crippen LogP contribution in [0.3, 0.4) is 0 Å². The van der Waals surface area contributed by atoms with Gasteiger partial charge in [0.15, 0.2) is 0 Å². The van der Waals surface area contributed by atoms with Crippen LogP contribution in [0.1, 0.15) is 56.9 Å². The summed E-state index contributed by atoms with van der Waals surface area (Å²) >= 11 is 1.13. The molecule has 0 N–H and O–H groups in total. The maximum absolute atomic E-state index is 13.7. The summed E-state index contributed by atoms with van der Waals surface area (Å²) in [6.07, 6.45) is 3.24. The molecule has 8 heteroatoms. The Hall–Kier alpha value is -2.85. The molecule has 0 bridgehead atoms. The van der Waals surface area contributed by atoms with Gasteiger partial charge in [-0.25, -0.2) is 16.6 Å². The number of hydrogen-bond donors (Lipinski definition) is 0. The number of likely N-dealkylation sites (tertiary alicyclic amines) is 1. The van der Waals surface area contributed by atoms with E-state index in [2.05, 4.69) is 17.5 Å². The molecule has 39 heavy (non-hydrogen) atoms. The average molecular weight is 537 g/mol. The molecule has 6 nitrogen and oxygen atoms in total. The molecule has 1 heterocycles. The molecule has 0 saturated carbocycles. The maximum atomic E-state index is 13.7. The van der Waals surface area contributed by atoms with Crippen molar-refractivity contribution in [3.05, 3.63) is 84.8 Å². The van der Waals surface area contributed by atoms with Crippen molar-refractivity contribution in [2.45, 2.75) is 57.4 Å².